The fraction of sp³-hybridized carbons (Fsp3) is 0.550. The summed E-state index contributed by atoms with van der Waals surface area (Å²) < 4.78 is 11.2. The van der Waals surface area contributed by atoms with Gasteiger partial charge in [0.05, 0.1) is 12.5 Å². The Kier molecular flexibility index (Phi) is 4.47. The summed E-state index contributed by atoms with van der Waals surface area (Å²) in [4.78, 5) is 11.9. The van der Waals surface area contributed by atoms with Crippen molar-refractivity contribution < 1.29 is 9.15 Å². The second kappa shape index (κ2) is 6.38. The summed E-state index contributed by atoms with van der Waals surface area (Å²) in [6, 6.07) is 6.12. The molecule has 0 saturated heterocycles. The van der Waals surface area contributed by atoms with Crippen molar-refractivity contribution in [1.82, 2.24) is 0 Å². The van der Waals surface area contributed by atoms with Crippen molar-refractivity contribution in [2.45, 2.75) is 64.2 Å². The average molecular weight is 314 g/mol. The third kappa shape index (κ3) is 2.89. The van der Waals surface area contributed by atoms with Crippen LogP contribution in [0.25, 0.3) is 11.0 Å². The largest absolute Gasteiger partial charge is 0.496 e. The molecule has 2 aromatic rings. The predicted octanol–water partition coefficient (Wildman–Crippen LogP) is 5.11. The Hall–Kier alpha value is -1.77. The average Bonchev–Trinajstić information content (AvgIpc) is 3.03. The summed E-state index contributed by atoms with van der Waals surface area (Å²) in [5.74, 6) is 0.812. The highest BCUT2D eigenvalue weighted by Crippen LogP contribution is 2.46. The van der Waals surface area contributed by atoms with Gasteiger partial charge >= 0.3 is 5.63 Å². The van der Waals surface area contributed by atoms with E-state index >= 15 is 0 Å². The maximum atomic E-state index is 11.9. The zero-order chi connectivity index (χ0) is 16.4. The van der Waals surface area contributed by atoms with Crippen LogP contribution in [0, 0.1) is 6.92 Å². The minimum atomic E-state index is -0.259. The molecule has 0 amide bonds. The van der Waals surface area contributed by atoms with Crippen molar-refractivity contribution in [3.63, 3.8) is 0 Å². The number of benzene rings is 1. The van der Waals surface area contributed by atoms with E-state index in [-0.39, 0.29) is 11.0 Å². The van der Waals surface area contributed by atoms with E-state index in [0.29, 0.717) is 11.1 Å². The van der Waals surface area contributed by atoms with E-state index < -0.39 is 0 Å². The number of aryl methyl sites for hydroxylation is 1. The van der Waals surface area contributed by atoms with Gasteiger partial charge in [-0.1, -0.05) is 32.6 Å². The van der Waals surface area contributed by atoms with Gasteiger partial charge in [-0.05, 0) is 55.4 Å². The number of hydrogen-bond acceptors (Lipinski definition) is 3. The standard InChI is InChI=1S/C20H26O3/c1-4-5-8-20(9-6-7-10-20)15-12-17(22-3)16-11-14(2)19(21)23-18(16)13-15/h11-13H,4-10H2,1-3H3. The highest BCUT2D eigenvalue weighted by molar-refractivity contribution is 5.85. The molecule has 3 nitrogen and oxygen atoms in total. The first-order chi connectivity index (χ1) is 11.1. The maximum absolute atomic E-state index is 11.9. The lowest BCUT2D eigenvalue weighted by atomic mass is 9.74. The molecule has 0 bridgehead atoms. The molecule has 23 heavy (non-hydrogen) atoms. The van der Waals surface area contributed by atoms with Gasteiger partial charge < -0.3 is 9.15 Å². The van der Waals surface area contributed by atoms with Gasteiger partial charge in [0.25, 0.3) is 0 Å². The van der Waals surface area contributed by atoms with Crippen LogP contribution < -0.4 is 10.4 Å². The quantitative estimate of drug-likeness (QED) is 0.720. The van der Waals surface area contributed by atoms with Gasteiger partial charge in [0.1, 0.15) is 11.3 Å². The molecule has 3 rings (SSSR count). The van der Waals surface area contributed by atoms with E-state index in [9.17, 15) is 4.79 Å². The van der Waals surface area contributed by atoms with E-state index in [1.54, 1.807) is 14.0 Å². The van der Waals surface area contributed by atoms with Crippen molar-refractivity contribution in [2.24, 2.45) is 0 Å². The van der Waals surface area contributed by atoms with Crippen LogP contribution in [-0.4, -0.2) is 7.11 Å². The van der Waals surface area contributed by atoms with Crippen molar-refractivity contribution in [2.75, 3.05) is 7.11 Å². The minimum Gasteiger partial charge on any atom is -0.496 e. The first-order valence-electron chi connectivity index (χ1n) is 8.72. The molecule has 1 aliphatic rings. The molecular weight excluding hydrogens is 288 g/mol. The van der Waals surface area contributed by atoms with E-state index in [2.05, 4.69) is 19.1 Å². The van der Waals surface area contributed by atoms with Gasteiger partial charge in [0.2, 0.25) is 0 Å². The van der Waals surface area contributed by atoms with Gasteiger partial charge in [-0.15, -0.1) is 0 Å². The van der Waals surface area contributed by atoms with E-state index in [0.717, 1.165) is 11.1 Å². The Labute approximate surface area is 137 Å². The molecule has 1 aliphatic carbocycles. The Bertz CT molecular complexity index is 751. The summed E-state index contributed by atoms with van der Waals surface area (Å²) in [5.41, 5.74) is 2.51. The first kappa shape index (κ1) is 16.1. The summed E-state index contributed by atoms with van der Waals surface area (Å²) in [6.07, 6.45) is 8.65. The van der Waals surface area contributed by atoms with Crippen LogP contribution in [0.2, 0.25) is 0 Å². The third-order valence-electron chi connectivity index (χ3n) is 5.39. The molecule has 0 unspecified atom stereocenters. The number of unbranched alkanes of at least 4 members (excludes halogenated alkanes) is 1. The summed E-state index contributed by atoms with van der Waals surface area (Å²) >= 11 is 0. The van der Waals surface area contributed by atoms with Crippen LogP contribution in [0.4, 0.5) is 0 Å². The second-order valence-corrected chi connectivity index (χ2v) is 6.90. The molecule has 0 atom stereocenters. The number of ether oxygens (including phenoxy) is 1. The van der Waals surface area contributed by atoms with E-state index in [4.69, 9.17) is 9.15 Å². The zero-order valence-corrected chi connectivity index (χ0v) is 14.4. The predicted molar refractivity (Wildman–Crippen MR) is 93.4 cm³/mol. The van der Waals surface area contributed by atoms with Crippen LogP contribution in [0.3, 0.4) is 0 Å². The molecule has 0 N–H and O–H groups in total. The molecule has 124 valence electrons. The van der Waals surface area contributed by atoms with Crippen molar-refractivity contribution in [3.05, 3.63) is 39.7 Å². The van der Waals surface area contributed by atoms with Gasteiger partial charge in [0.15, 0.2) is 0 Å². The minimum absolute atomic E-state index is 0.223. The van der Waals surface area contributed by atoms with Gasteiger partial charge in [-0.3, -0.25) is 0 Å². The van der Waals surface area contributed by atoms with Crippen LogP contribution >= 0.6 is 0 Å². The van der Waals surface area contributed by atoms with E-state index in [1.165, 1.54) is 50.5 Å². The molecule has 0 spiro atoms. The summed E-state index contributed by atoms with van der Waals surface area (Å²) in [7, 11) is 1.69. The third-order valence-corrected chi connectivity index (χ3v) is 5.39. The normalized spacial score (nSPS) is 16.8. The van der Waals surface area contributed by atoms with Crippen LogP contribution in [0.1, 0.15) is 63.0 Å². The van der Waals surface area contributed by atoms with E-state index in [1.807, 2.05) is 6.07 Å². The topological polar surface area (TPSA) is 39.4 Å². The molecule has 1 aromatic carbocycles. The number of methoxy groups -OCH3 is 1. The van der Waals surface area contributed by atoms with Crippen molar-refractivity contribution in [1.29, 1.82) is 0 Å². The molecule has 0 aliphatic heterocycles. The Morgan fingerprint density at radius 2 is 1.96 bits per heavy atom. The molecule has 1 fully saturated rings. The van der Waals surface area contributed by atoms with Gasteiger partial charge in [0, 0.05) is 5.56 Å². The van der Waals surface area contributed by atoms with Gasteiger partial charge in [-0.25, -0.2) is 4.79 Å². The van der Waals surface area contributed by atoms with Crippen molar-refractivity contribution >= 4 is 11.0 Å². The zero-order valence-electron chi connectivity index (χ0n) is 14.4. The fourth-order valence-electron chi connectivity index (χ4n) is 4.01. The van der Waals surface area contributed by atoms with Gasteiger partial charge in [-0.2, -0.15) is 0 Å². The smallest absolute Gasteiger partial charge is 0.339 e. The summed E-state index contributed by atoms with van der Waals surface area (Å²) in [5, 5.41) is 0.886. The molecular formula is C20H26O3. The summed E-state index contributed by atoms with van der Waals surface area (Å²) in [6.45, 7) is 4.02. The van der Waals surface area contributed by atoms with Crippen LogP contribution in [-0.2, 0) is 5.41 Å². The molecule has 3 heteroatoms. The first-order valence-corrected chi connectivity index (χ1v) is 8.72. The Morgan fingerprint density at radius 1 is 1.22 bits per heavy atom. The van der Waals surface area contributed by atoms with Crippen molar-refractivity contribution in [3.8, 4) is 5.75 Å². The highest BCUT2D eigenvalue weighted by Gasteiger charge is 2.35. The lowest BCUT2D eigenvalue weighted by Gasteiger charge is -2.30. The number of hydrogen-bond donors (Lipinski definition) is 0. The Balaban J connectivity index is 2.17. The molecule has 1 saturated carbocycles. The fourth-order valence-corrected chi connectivity index (χ4v) is 4.01. The SMILES string of the molecule is CCCCC1(c2cc(OC)c3cc(C)c(=O)oc3c2)CCCC1. The lowest BCUT2D eigenvalue weighted by Crippen LogP contribution is -2.22. The van der Waals surface area contributed by atoms with Crippen LogP contribution in [0.5, 0.6) is 5.75 Å². The number of rotatable bonds is 5. The molecule has 1 aromatic heterocycles. The Morgan fingerprint density at radius 3 is 2.61 bits per heavy atom. The number of fused-ring (bicyclic) bond motifs is 1. The second-order valence-electron chi connectivity index (χ2n) is 6.90. The van der Waals surface area contributed by atoms with Crippen LogP contribution in [0.15, 0.2) is 27.4 Å². The molecule has 0 radical (unpaired) electrons. The maximum Gasteiger partial charge on any atom is 0.339 e. The lowest BCUT2D eigenvalue weighted by molar-refractivity contribution is 0.383. The monoisotopic (exact) mass is 314 g/mol. The molecule has 1 heterocycles. The highest BCUT2D eigenvalue weighted by atomic mass is 16.5.